The fourth-order valence-electron chi connectivity index (χ4n) is 1.38. The Balaban J connectivity index is 2.46. The number of hydrogen-bond acceptors (Lipinski definition) is 3. The van der Waals surface area contributed by atoms with Crippen LogP contribution in [-0.2, 0) is 4.79 Å². The van der Waals surface area contributed by atoms with E-state index in [0.29, 0.717) is 13.0 Å². The lowest BCUT2D eigenvalue weighted by Crippen LogP contribution is -2.31. The monoisotopic (exact) mass is 223 g/mol. The molecule has 0 saturated heterocycles. The van der Waals surface area contributed by atoms with Crippen LogP contribution >= 0.6 is 0 Å². The van der Waals surface area contributed by atoms with Gasteiger partial charge in [-0.2, -0.15) is 0 Å². The lowest BCUT2D eigenvalue weighted by atomic mass is 10.1. The second-order valence-electron chi connectivity index (χ2n) is 3.85. The van der Waals surface area contributed by atoms with E-state index in [2.05, 4.69) is 0 Å². The van der Waals surface area contributed by atoms with Gasteiger partial charge in [0.25, 0.3) is 0 Å². The third kappa shape index (κ3) is 3.55. The molecule has 0 radical (unpaired) electrons. The van der Waals surface area contributed by atoms with Gasteiger partial charge in [-0.05, 0) is 25.5 Å². The summed E-state index contributed by atoms with van der Waals surface area (Å²) in [6, 6.07) is 5.01. The van der Waals surface area contributed by atoms with E-state index in [1.807, 2.05) is 32.0 Å². The molecule has 0 spiro atoms. The van der Waals surface area contributed by atoms with Crippen molar-refractivity contribution in [3.63, 3.8) is 0 Å². The zero-order chi connectivity index (χ0) is 12.1. The van der Waals surface area contributed by atoms with Gasteiger partial charge < -0.3 is 15.6 Å². The highest BCUT2D eigenvalue weighted by Gasteiger charge is 2.11. The summed E-state index contributed by atoms with van der Waals surface area (Å²) in [7, 11) is 0. The molecule has 0 saturated carbocycles. The summed E-state index contributed by atoms with van der Waals surface area (Å²) in [4.78, 5) is 10.5. The van der Waals surface area contributed by atoms with E-state index in [-0.39, 0.29) is 0 Å². The molecule has 4 nitrogen and oxygen atoms in total. The molecule has 0 aromatic heterocycles. The number of nitrogens with two attached hydrogens (primary N) is 1. The Hall–Kier alpha value is -1.55. The van der Waals surface area contributed by atoms with Crippen LogP contribution in [0.5, 0.6) is 5.75 Å². The molecule has 0 unspecified atom stereocenters. The van der Waals surface area contributed by atoms with Crippen LogP contribution < -0.4 is 10.5 Å². The van der Waals surface area contributed by atoms with Crippen LogP contribution in [0.3, 0.4) is 0 Å². The minimum absolute atomic E-state index is 0.308. The third-order valence-electron chi connectivity index (χ3n) is 2.33. The number of benzene rings is 1. The highest BCUT2D eigenvalue weighted by atomic mass is 16.5. The van der Waals surface area contributed by atoms with Crippen molar-refractivity contribution in [2.45, 2.75) is 26.3 Å². The number of carboxylic acid groups (broad SMARTS) is 1. The highest BCUT2D eigenvalue weighted by molar-refractivity contribution is 5.72. The quantitative estimate of drug-likeness (QED) is 0.793. The van der Waals surface area contributed by atoms with Crippen molar-refractivity contribution < 1.29 is 14.6 Å². The summed E-state index contributed by atoms with van der Waals surface area (Å²) >= 11 is 0. The van der Waals surface area contributed by atoms with Crippen molar-refractivity contribution in [2.24, 2.45) is 5.73 Å². The van der Waals surface area contributed by atoms with E-state index in [1.165, 1.54) is 5.56 Å². The molecule has 3 N–H and O–H groups in total. The summed E-state index contributed by atoms with van der Waals surface area (Å²) in [6.07, 6.45) is 0.308. The number of rotatable bonds is 5. The van der Waals surface area contributed by atoms with Crippen molar-refractivity contribution in [2.75, 3.05) is 6.61 Å². The maximum absolute atomic E-state index is 10.5. The van der Waals surface area contributed by atoms with E-state index in [0.717, 1.165) is 11.3 Å². The summed E-state index contributed by atoms with van der Waals surface area (Å²) in [5, 5.41) is 8.59. The zero-order valence-electron chi connectivity index (χ0n) is 9.56. The minimum Gasteiger partial charge on any atom is -0.493 e. The van der Waals surface area contributed by atoms with Crippen LogP contribution in [0.4, 0.5) is 0 Å². The number of carboxylic acids is 1. The SMILES string of the molecule is Cc1ccc(OCC[C@H](N)C(=O)O)c(C)c1. The number of carbonyl (C=O) groups is 1. The molecule has 0 aliphatic heterocycles. The Bertz CT molecular complexity index is 377. The van der Waals surface area contributed by atoms with E-state index in [1.54, 1.807) is 0 Å². The van der Waals surface area contributed by atoms with Crippen LogP contribution in [0, 0.1) is 13.8 Å². The number of aryl methyl sites for hydroxylation is 2. The van der Waals surface area contributed by atoms with Gasteiger partial charge in [0.05, 0.1) is 6.61 Å². The highest BCUT2D eigenvalue weighted by Crippen LogP contribution is 2.18. The normalized spacial score (nSPS) is 12.2. The lowest BCUT2D eigenvalue weighted by Gasteiger charge is -2.11. The van der Waals surface area contributed by atoms with E-state index >= 15 is 0 Å². The van der Waals surface area contributed by atoms with Crippen LogP contribution in [0.1, 0.15) is 17.5 Å². The Morgan fingerprint density at radius 1 is 1.50 bits per heavy atom. The summed E-state index contributed by atoms with van der Waals surface area (Å²) in [5.41, 5.74) is 7.58. The van der Waals surface area contributed by atoms with E-state index in [4.69, 9.17) is 15.6 Å². The molecule has 0 aliphatic rings. The first-order valence-corrected chi connectivity index (χ1v) is 5.19. The average Bonchev–Trinajstić information content (AvgIpc) is 2.20. The van der Waals surface area contributed by atoms with E-state index in [9.17, 15) is 4.79 Å². The fraction of sp³-hybridized carbons (Fsp3) is 0.417. The van der Waals surface area contributed by atoms with Crippen molar-refractivity contribution in [3.8, 4) is 5.75 Å². The van der Waals surface area contributed by atoms with Gasteiger partial charge in [0, 0.05) is 6.42 Å². The van der Waals surface area contributed by atoms with Gasteiger partial charge >= 0.3 is 5.97 Å². The topological polar surface area (TPSA) is 72.5 Å². The van der Waals surface area contributed by atoms with Gasteiger partial charge in [-0.15, -0.1) is 0 Å². The van der Waals surface area contributed by atoms with Gasteiger partial charge in [-0.25, -0.2) is 0 Å². The molecular formula is C12H17NO3. The van der Waals surface area contributed by atoms with E-state index < -0.39 is 12.0 Å². The summed E-state index contributed by atoms with van der Waals surface area (Å²) in [5.74, 6) is -0.215. The molecule has 1 rings (SSSR count). The molecule has 16 heavy (non-hydrogen) atoms. The number of hydrogen-bond donors (Lipinski definition) is 2. The second-order valence-corrected chi connectivity index (χ2v) is 3.85. The van der Waals surface area contributed by atoms with Crippen LogP contribution in [-0.4, -0.2) is 23.7 Å². The Morgan fingerprint density at radius 2 is 2.19 bits per heavy atom. The lowest BCUT2D eigenvalue weighted by molar-refractivity contribution is -0.138. The van der Waals surface area contributed by atoms with Crippen LogP contribution in [0.25, 0.3) is 0 Å². The maximum atomic E-state index is 10.5. The van der Waals surface area contributed by atoms with Crippen molar-refractivity contribution in [1.82, 2.24) is 0 Å². The number of ether oxygens (including phenoxy) is 1. The fourth-order valence-corrected chi connectivity index (χ4v) is 1.38. The molecule has 1 aromatic rings. The molecule has 1 aromatic carbocycles. The van der Waals surface area contributed by atoms with Gasteiger partial charge in [-0.3, -0.25) is 4.79 Å². The first-order chi connectivity index (χ1) is 7.50. The summed E-state index contributed by atoms with van der Waals surface area (Å²) in [6.45, 7) is 4.29. The maximum Gasteiger partial charge on any atom is 0.320 e. The molecule has 0 heterocycles. The smallest absolute Gasteiger partial charge is 0.320 e. The minimum atomic E-state index is -0.996. The molecule has 0 amide bonds. The van der Waals surface area contributed by atoms with Crippen LogP contribution in [0.15, 0.2) is 18.2 Å². The Morgan fingerprint density at radius 3 is 2.75 bits per heavy atom. The first-order valence-electron chi connectivity index (χ1n) is 5.19. The first kappa shape index (κ1) is 12.5. The molecule has 0 bridgehead atoms. The molecule has 0 aliphatic carbocycles. The molecule has 1 atom stereocenters. The predicted molar refractivity (Wildman–Crippen MR) is 61.6 cm³/mol. The van der Waals surface area contributed by atoms with Gasteiger partial charge in [0.2, 0.25) is 0 Å². The molecule has 4 heteroatoms. The largest absolute Gasteiger partial charge is 0.493 e. The molecular weight excluding hydrogens is 206 g/mol. The third-order valence-corrected chi connectivity index (χ3v) is 2.33. The van der Waals surface area contributed by atoms with Gasteiger partial charge in [0.15, 0.2) is 0 Å². The zero-order valence-corrected chi connectivity index (χ0v) is 9.56. The predicted octanol–water partition coefficient (Wildman–Crippen LogP) is 1.48. The second kappa shape index (κ2) is 5.51. The Kier molecular flexibility index (Phi) is 4.31. The van der Waals surface area contributed by atoms with Crippen molar-refractivity contribution in [3.05, 3.63) is 29.3 Å². The van der Waals surface area contributed by atoms with Crippen molar-refractivity contribution >= 4 is 5.97 Å². The van der Waals surface area contributed by atoms with Crippen LogP contribution in [0.2, 0.25) is 0 Å². The molecule has 88 valence electrons. The number of aliphatic carboxylic acids is 1. The van der Waals surface area contributed by atoms with Crippen molar-refractivity contribution in [1.29, 1.82) is 0 Å². The van der Waals surface area contributed by atoms with Gasteiger partial charge in [-0.1, -0.05) is 17.7 Å². The molecule has 0 fully saturated rings. The summed E-state index contributed by atoms with van der Waals surface area (Å²) < 4.78 is 5.47. The average molecular weight is 223 g/mol. The standard InChI is InChI=1S/C12H17NO3/c1-8-3-4-11(9(2)7-8)16-6-5-10(13)12(14)15/h3-4,7,10H,5-6,13H2,1-2H3,(H,14,15)/t10-/m0/s1. The van der Waals surface area contributed by atoms with Gasteiger partial charge in [0.1, 0.15) is 11.8 Å². The Labute approximate surface area is 95.0 Å².